The Hall–Kier alpha value is -3.13. The molecule has 2 heterocycles. The number of fused-ring (bicyclic) bond motifs is 1. The summed E-state index contributed by atoms with van der Waals surface area (Å²) in [5.74, 6) is 0.454. The molecule has 4 rings (SSSR count). The zero-order valence-corrected chi connectivity index (χ0v) is 19.8. The van der Waals surface area contributed by atoms with Crippen molar-refractivity contribution in [1.29, 1.82) is 0 Å². The van der Waals surface area contributed by atoms with E-state index in [1.807, 2.05) is 6.92 Å². The molecule has 0 radical (unpaired) electrons. The first-order valence-electron chi connectivity index (χ1n) is 11.9. The number of ketones is 1. The van der Waals surface area contributed by atoms with Crippen LogP contribution in [0.25, 0.3) is 0 Å². The Kier molecular flexibility index (Phi) is 7.67. The maximum Gasteiger partial charge on any atom is 0.220 e. The summed E-state index contributed by atoms with van der Waals surface area (Å²) >= 11 is 0. The van der Waals surface area contributed by atoms with Crippen LogP contribution in [0, 0.1) is 5.82 Å². The number of nitrogens with one attached hydrogen (secondary N) is 1. The number of carbonyl (C=O) groups is 2. The average molecular weight is 470 g/mol. The summed E-state index contributed by atoms with van der Waals surface area (Å²) in [4.78, 5) is 29.9. The number of amides is 1. The molecule has 1 N–H and O–H groups in total. The number of likely N-dealkylation sites (N-methyl/N-ethyl adjacent to an activating group) is 1. The second-order valence-corrected chi connectivity index (χ2v) is 8.70. The molecule has 0 aromatic heterocycles. The monoisotopic (exact) mass is 469 g/mol. The fourth-order valence-corrected chi connectivity index (χ4v) is 4.44. The van der Waals surface area contributed by atoms with Crippen LogP contribution in [0.1, 0.15) is 48.7 Å². The smallest absolute Gasteiger partial charge is 0.220 e. The van der Waals surface area contributed by atoms with Gasteiger partial charge in [0.25, 0.3) is 0 Å². The third-order valence-corrected chi connectivity index (χ3v) is 6.44. The highest BCUT2D eigenvalue weighted by Crippen LogP contribution is 2.31. The molecule has 2 aliphatic heterocycles. The summed E-state index contributed by atoms with van der Waals surface area (Å²) in [5, 5.41) is 2.94. The van der Waals surface area contributed by atoms with Crippen LogP contribution in [0.4, 0.5) is 10.1 Å². The van der Waals surface area contributed by atoms with Gasteiger partial charge in [-0.25, -0.2) is 4.39 Å². The summed E-state index contributed by atoms with van der Waals surface area (Å²) < 4.78 is 25.1. The van der Waals surface area contributed by atoms with Crippen LogP contribution in [0.5, 0.6) is 11.5 Å². The van der Waals surface area contributed by atoms with Crippen LogP contribution >= 0.6 is 0 Å². The van der Waals surface area contributed by atoms with Crippen molar-refractivity contribution >= 4 is 17.4 Å². The van der Waals surface area contributed by atoms with E-state index in [2.05, 4.69) is 22.0 Å². The standard InChI is InChI=1S/C26H32FN3O4/c1-3-29-10-12-30(13-11-29)22-6-5-20(27)17-21(22)18(2)28-26(32)9-7-23(31)19-4-8-24-25(16-19)34-15-14-33-24/h4-6,8,16-18H,3,7,9-15H2,1-2H3,(H,28,32). The van der Waals surface area contributed by atoms with E-state index < -0.39 is 0 Å². The van der Waals surface area contributed by atoms with E-state index in [1.165, 1.54) is 12.1 Å². The topological polar surface area (TPSA) is 71.1 Å². The van der Waals surface area contributed by atoms with E-state index in [9.17, 15) is 14.0 Å². The molecule has 34 heavy (non-hydrogen) atoms. The Morgan fingerprint density at radius 2 is 1.74 bits per heavy atom. The van der Waals surface area contributed by atoms with Crippen LogP contribution in [-0.4, -0.2) is 62.5 Å². The summed E-state index contributed by atoms with van der Waals surface area (Å²) in [5.41, 5.74) is 2.18. The van der Waals surface area contributed by atoms with Crippen LogP contribution in [0.3, 0.4) is 0 Å². The zero-order chi connectivity index (χ0) is 24.1. The highest BCUT2D eigenvalue weighted by Gasteiger charge is 2.22. The first-order valence-corrected chi connectivity index (χ1v) is 11.9. The second kappa shape index (κ2) is 10.9. The first-order chi connectivity index (χ1) is 16.4. The lowest BCUT2D eigenvalue weighted by atomic mass is 10.0. The number of anilines is 1. The van der Waals surface area contributed by atoms with Crippen LogP contribution < -0.4 is 19.7 Å². The van der Waals surface area contributed by atoms with E-state index in [1.54, 1.807) is 24.3 Å². The summed E-state index contributed by atoms with van der Waals surface area (Å²) in [7, 11) is 0. The van der Waals surface area contributed by atoms with E-state index in [-0.39, 0.29) is 36.4 Å². The predicted molar refractivity (Wildman–Crippen MR) is 128 cm³/mol. The van der Waals surface area contributed by atoms with Crippen LogP contribution in [0.15, 0.2) is 36.4 Å². The van der Waals surface area contributed by atoms with Gasteiger partial charge in [0.1, 0.15) is 19.0 Å². The van der Waals surface area contributed by atoms with Crippen molar-refractivity contribution < 1.29 is 23.5 Å². The molecule has 0 saturated carbocycles. The Morgan fingerprint density at radius 3 is 2.47 bits per heavy atom. The van der Waals surface area contributed by atoms with Gasteiger partial charge in [-0.1, -0.05) is 6.92 Å². The SMILES string of the molecule is CCN1CCN(c2ccc(F)cc2C(C)NC(=O)CCC(=O)c2ccc3c(c2)OCCO3)CC1. The third-order valence-electron chi connectivity index (χ3n) is 6.44. The Bertz CT molecular complexity index is 1040. The second-order valence-electron chi connectivity index (χ2n) is 8.70. The van der Waals surface area contributed by atoms with Crippen LogP contribution in [-0.2, 0) is 4.79 Å². The molecule has 0 aliphatic carbocycles. The zero-order valence-electron chi connectivity index (χ0n) is 19.8. The number of nitrogens with zero attached hydrogens (tertiary/aromatic N) is 2. The lowest BCUT2D eigenvalue weighted by Crippen LogP contribution is -2.46. The maximum atomic E-state index is 14.1. The number of rotatable bonds is 8. The molecule has 1 atom stereocenters. The minimum atomic E-state index is -0.383. The highest BCUT2D eigenvalue weighted by atomic mass is 19.1. The number of ether oxygens (including phenoxy) is 2. The van der Waals surface area contributed by atoms with Crippen molar-refractivity contribution in [2.75, 3.05) is 50.8 Å². The molecule has 0 bridgehead atoms. The minimum absolute atomic E-state index is 0.0530. The highest BCUT2D eigenvalue weighted by molar-refractivity contribution is 5.98. The quantitative estimate of drug-likeness (QED) is 0.596. The molecule has 182 valence electrons. The van der Waals surface area contributed by atoms with E-state index in [0.29, 0.717) is 30.3 Å². The van der Waals surface area contributed by atoms with Crippen molar-refractivity contribution in [2.24, 2.45) is 0 Å². The number of piperazine rings is 1. The molecule has 2 aromatic rings. The maximum absolute atomic E-state index is 14.1. The van der Waals surface area contributed by atoms with E-state index in [0.717, 1.165) is 44.0 Å². The van der Waals surface area contributed by atoms with Crippen LogP contribution in [0.2, 0.25) is 0 Å². The molecule has 1 amide bonds. The van der Waals surface area contributed by atoms with Crippen molar-refractivity contribution in [3.8, 4) is 11.5 Å². The van der Waals surface area contributed by atoms with Gasteiger partial charge in [0.05, 0.1) is 6.04 Å². The molecule has 1 unspecified atom stereocenters. The summed E-state index contributed by atoms with van der Waals surface area (Å²) in [6, 6.07) is 9.43. The molecule has 2 aliphatic rings. The van der Waals surface area contributed by atoms with Gasteiger partial charge >= 0.3 is 0 Å². The van der Waals surface area contributed by atoms with Crippen molar-refractivity contribution in [3.63, 3.8) is 0 Å². The van der Waals surface area contributed by atoms with Crippen molar-refractivity contribution in [2.45, 2.75) is 32.7 Å². The molecule has 1 fully saturated rings. The fourth-order valence-electron chi connectivity index (χ4n) is 4.44. The van der Waals surface area contributed by atoms with Gasteiger partial charge < -0.3 is 24.6 Å². The number of hydrogen-bond donors (Lipinski definition) is 1. The first kappa shape index (κ1) is 24.0. The van der Waals surface area contributed by atoms with E-state index in [4.69, 9.17) is 9.47 Å². The normalized spacial score (nSPS) is 16.7. The van der Waals surface area contributed by atoms with Gasteiger partial charge in [-0.2, -0.15) is 0 Å². The van der Waals surface area contributed by atoms with Gasteiger partial charge in [-0.15, -0.1) is 0 Å². The lowest BCUT2D eigenvalue weighted by molar-refractivity contribution is -0.121. The molecule has 1 saturated heterocycles. The Balaban J connectivity index is 1.35. The number of halogens is 1. The summed E-state index contributed by atoms with van der Waals surface area (Å²) in [6.45, 7) is 9.57. The third kappa shape index (κ3) is 5.67. The molecule has 0 spiro atoms. The van der Waals surface area contributed by atoms with Gasteiger partial charge in [-0.3, -0.25) is 9.59 Å². The molecule has 8 heteroatoms. The molecular weight excluding hydrogens is 437 g/mol. The number of benzene rings is 2. The predicted octanol–water partition coefficient (Wildman–Crippen LogP) is 3.58. The average Bonchev–Trinajstić information content (AvgIpc) is 2.87. The number of carbonyl (C=O) groups excluding carboxylic acids is 2. The van der Waals surface area contributed by atoms with E-state index >= 15 is 0 Å². The van der Waals surface area contributed by atoms with Gasteiger partial charge in [0.15, 0.2) is 17.3 Å². The van der Waals surface area contributed by atoms with Gasteiger partial charge in [0.2, 0.25) is 5.91 Å². The van der Waals surface area contributed by atoms with Gasteiger partial charge in [-0.05, 0) is 49.9 Å². The molecule has 7 nitrogen and oxygen atoms in total. The van der Waals surface area contributed by atoms with Crippen molar-refractivity contribution in [1.82, 2.24) is 10.2 Å². The largest absolute Gasteiger partial charge is 0.486 e. The lowest BCUT2D eigenvalue weighted by Gasteiger charge is -2.37. The summed E-state index contributed by atoms with van der Waals surface area (Å²) in [6.07, 6.45) is 0.130. The van der Waals surface area contributed by atoms with Crippen molar-refractivity contribution in [3.05, 3.63) is 53.3 Å². The minimum Gasteiger partial charge on any atom is -0.486 e. The number of hydrogen-bond acceptors (Lipinski definition) is 6. The molecule has 2 aromatic carbocycles. The Morgan fingerprint density at radius 1 is 1.00 bits per heavy atom. The Labute approximate surface area is 199 Å². The fraction of sp³-hybridized carbons (Fsp3) is 0.462. The van der Waals surface area contributed by atoms with Gasteiger partial charge in [0, 0.05) is 55.8 Å². The molecular formula is C26H32FN3O4. The number of Topliss-reactive ketones (excluding diaryl/α,β-unsaturated/α-hetero) is 1.